The first-order valence-electron chi connectivity index (χ1n) is 10.9. The summed E-state index contributed by atoms with van der Waals surface area (Å²) in [6.45, 7) is 5.60. The number of nitrogens with zero attached hydrogens (tertiary/aromatic N) is 4. The molecule has 0 radical (unpaired) electrons. The Hall–Kier alpha value is -3.82. The fraction of sp³-hybridized carbons (Fsp3) is 0.185. The van der Waals surface area contributed by atoms with E-state index in [1.54, 1.807) is 0 Å². The Balaban J connectivity index is 1.70. The third-order valence-corrected chi connectivity index (χ3v) is 6.65. The minimum atomic E-state index is -0.0473. The molecular formula is C27H24N4OS. The second kappa shape index (κ2) is 10.2. The minimum Gasteiger partial charge on any atom is -0.371 e. The molecule has 0 saturated carbocycles. The molecule has 6 heteroatoms. The van der Waals surface area contributed by atoms with Gasteiger partial charge in [0.15, 0.2) is 0 Å². The molecule has 3 aromatic carbocycles. The van der Waals surface area contributed by atoms with Gasteiger partial charge in [-0.3, -0.25) is 4.79 Å². The van der Waals surface area contributed by atoms with Gasteiger partial charge >= 0.3 is 0 Å². The summed E-state index contributed by atoms with van der Waals surface area (Å²) in [4.78, 5) is 16.0. The van der Waals surface area contributed by atoms with Crippen molar-refractivity contribution in [1.29, 1.82) is 5.26 Å². The number of anilines is 1. The van der Waals surface area contributed by atoms with Crippen LogP contribution in [0.15, 0.2) is 83.0 Å². The Bertz CT molecular complexity index is 1350. The van der Waals surface area contributed by atoms with Gasteiger partial charge in [-0.2, -0.15) is 10.4 Å². The predicted octanol–water partition coefficient (Wildman–Crippen LogP) is 7.60. The highest BCUT2D eigenvalue weighted by atomic mass is 32.1. The molecule has 1 heterocycles. The third-order valence-electron chi connectivity index (χ3n) is 5.49. The van der Waals surface area contributed by atoms with Crippen molar-refractivity contribution in [2.45, 2.75) is 20.3 Å². The van der Waals surface area contributed by atoms with Gasteiger partial charge in [0.1, 0.15) is 10.6 Å². The second-order valence-corrected chi connectivity index (χ2v) is 8.68. The summed E-state index contributed by atoms with van der Waals surface area (Å²) in [7, 11) is 0. The van der Waals surface area contributed by atoms with Crippen LogP contribution in [0, 0.1) is 18.3 Å². The standard InChI is InChI=1S/C27H24N4OS/c1-3-31(17-9-16-28)21-14-15-23(19(2)18-21)29-30-25-22-12-7-8-13-24(22)33-27(25)26(32)20-10-5-4-6-11-20/h4-8,10-15,18H,3,9,17H2,1-2H3. The average Bonchev–Trinajstić information content (AvgIpc) is 3.22. The highest BCUT2D eigenvalue weighted by Gasteiger charge is 2.20. The Morgan fingerprint density at radius 1 is 1.03 bits per heavy atom. The van der Waals surface area contributed by atoms with E-state index in [1.807, 2.05) is 73.7 Å². The Kier molecular flexibility index (Phi) is 6.92. The van der Waals surface area contributed by atoms with Crippen molar-refractivity contribution in [3.8, 4) is 6.07 Å². The zero-order chi connectivity index (χ0) is 23.2. The molecule has 0 aliphatic carbocycles. The lowest BCUT2D eigenvalue weighted by molar-refractivity contribution is 0.104. The van der Waals surface area contributed by atoms with E-state index in [2.05, 4.69) is 34.2 Å². The Labute approximate surface area is 197 Å². The number of rotatable bonds is 8. The van der Waals surface area contributed by atoms with Gasteiger partial charge in [-0.25, -0.2) is 0 Å². The topological polar surface area (TPSA) is 68.8 Å². The first kappa shape index (κ1) is 22.4. The molecule has 0 aliphatic rings. The van der Waals surface area contributed by atoms with Crippen molar-refractivity contribution >= 4 is 44.3 Å². The number of ketones is 1. The van der Waals surface area contributed by atoms with Crippen LogP contribution in [0.2, 0.25) is 0 Å². The Morgan fingerprint density at radius 2 is 1.79 bits per heavy atom. The monoisotopic (exact) mass is 452 g/mol. The first-order chi connectivity index (χ1) is 16.1. The van der Waals surface area contributed by atoms with Crippen LogP contribution in [-0.4, -0.2) is 18.9 Å². The Morgan fingerprint density at radius 3 is 2.52 bits per heavy atom. The number of fused-ring (bicyclic) bond motifs is 1. The van der Waals surface area contributed by atoms with Crippen LogP contribution in [0.3, 0.4) is 0 Å². The molecule has 0 saturated heterocycles. The lowest BCUT2D eigenvalue weighted by Crippen LogP contribution is -2.23. The number of nitriles is 1. The van der Waals surface area contributed by atoms with Crippen LogP contribution in [0.25, 0.3) is 10.1 Å². The predicted molar refractivity (Wildman–Crippen MR) is 135 cm³/mol. The van der Waals surface area contributed by atoms with Crippen LogP contribution in [-0.2, 0) is 0 Å². The summed E-state index contributed by atoms with van der Waals surface area (Å²) in [6.07, 6.45) is 0.484. The first-order valence-corrected chi connectivity index (χ1v) is 11.7. The van der Waals surface area contributed by atoms with Gasteiger partial charge in [0, 0.05) is 34.4 Å². The lowest BCUT2D eigenvalue weighted by atomic mass is 10.1. The molecule has 0 spiro atoms. The number of aryl methyl sites for hydroxylation is 1. The molecule has 0 atom stereocenters. The quantitative estimate of drug-likeness (QED) is 0.204. The summed E-state index contributed by atoms with van der Waals surface area (Å²) in [5.41, 5.74) is 4.05. The van der Waals surface area contributed by atoms with Crippen molar-refractivity contribution in [2.75, 3.05) is 18.0 Å². The largest absolute Gasteiger partial charge is 0.371 e. The summed E-state index contributed by atoms with van der Waals surface area (Å²) in [5, 5.41) is 18.9. The van der Waals surface area contributed by atoms with E-state index < -0.39 is 0 Å². The maximum atomic E-state index is 13.2. The molecule has 0 amide bonds. The summed E-state index contributed by atoms with van der Waals surface area (Å²) in [5.74, 6) is -0.0473. The summed E-state index contributed by atoms with van der Waals surface area (Å²) < 4.78 is 1.01. The normalized spacial score (nSPS) is 11.1. The van der Waals surface area contributed by atoms with Gasteiger partial charge in [-0.1, -0.05) is 48.5 Å². The zero-order valence-electron chi connectivity index (χ0n) is 18.7. The molecule has 0 fully saturated rings. The molecule has 0 N–H and O–H groups in total. The maximum Gasteiger partial charge on any atom is 0.205 e. The number of thiophene rings is 1. The molecular weight excluding hydrogens is 428 g/mol. The van der Waals surface area contributed by atoms with Crippen LogP contribution < -0.4 is 4.90 Å². The molecule has 0 unspecified atom stereocenters. The van der Waals surface area contributed by atoms with Gasteiger partial charge < -0.3 is 4.90 Å². The smallest absolute Gasteiger partial charge is 0.205 e. The number of carbonyl (C=O) groups excluding carboxylic acids is 1. The zero-order valence-corrected chi connectivity index (χ0v) is 19.5. The fourth-order valence-electron chi connectivity index (χ4n) is 3.71. The number of azo groups is 1. The maximum absolute atomic E-state index is 13.2. The molecule has 0 aliphatic heterocycles. The second-order valence-electron chi connectivity index (χ2n) is 7.63. The van der Waals surface area contributed by atoms with Crippen molar-refractivity contribution in [3.05, 3.63) is 88.8 Å². The molecule has 164 valence electrons. The van der Waals surface area contributed by atoms with Crippen LogP contribution in [0.1, 0.15) is 34.1 Å². The highest BCUT2D eigenvalue weighted by Crippen LogP contribution is 2.40. The van der Waals surface area contributed by atoms with Gasteiger partial charge in [0.2, 0.25) is 5.78 Å². The fourth-order valence-corrected chi connectivity index (χ4v) is 4.81. The van der Waals surface area contributed by atoms with Crippen molar-refractivity contribution < 1.29 is 4.79 Å². The number of carbonyl (C=O) groups is 1. The molecule has 5 nitrogen and oxygen atoms in total. The van der Waals surface area contributed by atoms with E-state index in [1.165, 1.54) is 11.3 Å². The highest BCUT2D eigenvalue weighted by molar-refractivity contribution is 7.21. The molecule has 0 bridgehead atoms. The van der Waals surface area contributed by atoms with Gasteiger partial charge in [-0.05, 0) is 43.7 Å². The van der Waals surface area contributed by atoms with Crippen LogP contribution in [0.4, 0.5) is 17.1 Å². The van der Waals surface area contributed by atoms with E-state index in [0.717, 1.165) is 33.6 Å². The average molecular weight is 453 g/mol. The summed E-state index contributed by atoms with van der Waals surface area (Å²) >= 11 is 1.45. The molecule has 1 aromatic heterocycles. The SMILES string of the molecule is CCN(CCC#N)c1ccc(N=Nc2c(C(=O)c3ccccc3)sc3ccccc23)c(C)c1. The van der Waals surface area contributed by atoms with Crippen molar-refractivity contribution in [3.63, 3.8) is 0 Å². The molecule has 4 rings (SSSR count). The van der Waals surface area contributed by atoms with Crippen LogP contribution in [0.5, 0.6) is 0 Å². The van der Waals surface area contributed by atoms with Gasteiger partial charge in [0.05, 0.1) is 18.2 Å². The van der Waals surface area contributed by atoms with E-state index in [4.69, 9.17) is 5.26 Å². The van der Waals surface area contributed by atoms with E-state index >= 15 is 0 Å². The van der Waals surface area contributed by atoms with E-state index in [0.29, 0.717) is 29.1 Å². The number of hydrogen-bond acceptors (Lipinski definition) is 6. The number of hydrogen-bond donors (Lipinski definition) is 0. The number of benzene rings is 3. The van der Waals surface area contributed by atoms with Gasteiger partial charge in [-0.15, -0.1) is 16.5 Å². The van der Waals surface area contributed by atoms with Crippen molar-refractivity contribution in [1.82, 2.24) is 0 Å². The molecule has 4 aromatic rings. The van der Waals surface area contributed by atoms with Gasteiger partial charge in [0.25, 0.3) is 0 Å². The third kappa shape index (κ3) is 4.84. The lowest BCUT2D eigenvalue weighted by Gasteiger charge is -2.22. The van der Waals surface area contributed by atoms with Crippen LogP contribution >= 0.6 is 11.3 Å². The van der Waals surface area contributed by atoms with Crippen molar-refractivity contribution in [2.24, 2.45) is 10.2 Å². The van der Waals surface area contributed by atoms with E-state index in [9.17, 15) is 4.79 Å². The minimum absolute atomic E-state index is 0.0473. The van der Waals surface area contributed by atoms with E-state index in [-0.39, 0.29) is 5.78 Å². The molecule has 33 heavy (non-hydrogen) atoms. The summed E-state index contributed by atoms with van der Waals surface area (Å²) in [6, 6.07) is 25.4.